The summed E-state index contributed by atoms with van der Waals surface area (Å²) in [7, 11) is -3.55. The second-order valence-corrected chi connectivity index (χ2v) is 6.99. The third-order valence-corrected chi connectivity index (χ3v) is 5.25. The van der Waals surface area contributed by atoms with Gasteiger partial charge in [0.05, 0.1) is 4.90 Å². The molecular formula is C15H24N2O4S. The highest BCUT2D eigenvalue weighted by Gasteiger charge is 2.20. The number of benzene rings is 1. The largest absolute Gasteiger partial charge is 0.486 e. The van der Waals surface area contributed by atoms with Gasteiger partial charge in [-0.05, 0) is 32.1 Å². The van der Waals surface area contributed by atoms with Gasteiger partial charge in [-0.1, -0.05) is 13.8 Å². The van der Waals surface area contributed by atoms with E-state index in [1.165, 1.54) is 12.1 Å². The third kappa shape index (κ3) is 3.91. The van der Waals surface area contributed by atoms with Crippen LogP contribution in [-0.4, -0.2) is 52.2 Å². The summed E-state index contributed by atoms with van der Waals surface area (Å²) in [6.07, 6.45) is 0. The van der Waals surface area contributed by atoms with Crippen LogP contribution in [0.4, 0.5) is 0 Å². The number of hydrogen-bond donors (Lipinski definition) is 1. The van der Waals surface area contributed by atoms with Crippen molar-refractivity contribution in [1.82, 2.24) is 9.62 Å². The van der Waals surface area contributed by atoms with Gasteiger partial charge in [0.1, 0.15) is 13.2 Å². The fourth-order valence-corrected chi connectivity index (χ4v) is 3.62. The molecule has 0 amide bonds. The maximum Gasteiger partial charge on any atom is 0.240 e. The summed E-state index contributed by atoms with van der Waals surface area (Å²) < 4.78 is 38.3. The van der Waals surface area contributed by atoms with Crippen LogP contribution >= 0.6 is 0 Å². The van der Waals surface area contributed by atoms with Crippen LogP contribution < -0.4 is 14.2 Å². The zero-order valence-electron chi connectivity index (χ0n) is 13.3. The van der Waals surface area contributed by atoms with Crippen molar-refractivity contribution in [2.75, 3.05) is 32.8 Å². The lowest BCUT2D eigenvalue weighted by atomic mass is 10.3. The lowest BCUT2D eigenvalue weighted by Crippen LogP contribution is -2.41. The third-order valence-electron chi connectivity index (χ3n) is 3.83. The molecule has 1 N–H and O–H groups in total. The summed E-state index contributed by atoms with van der Waals surface area (Å²) in [6, 6.07) is 4.83. The molecule has 0 fully saturated rings. The Labute approximate surface area is 132 Å². The van der Waals surface area contributed by atoms with Crippen LogP contribution in [0.2, 0.25) is 0 Å². The molecule has 0 saturated carbocycles. The number of likely N-dealkylation sites (N-methyl/N-ethyl adjacent to an activating group) is 1. The molecule has 1 aromatic carbocycles. The maximum atomic E-state index is 12.4. The van der Waals surface area contributed by atoms with Gasteiger partial charge in [-0.25, -0.2) is 13.1 Å². The van der Waals surface area contributed by atoms with E-state index in [-0.39, 0.29) is 10.9 Å². The summed E-state index contributed by atoms with van der Waals surface area (Å²) >= 11 is 0. The Morgan fingerprint density at radius 2 is 1.82 bits per heavy atom. The van der Waals surface area contributed by atoms with Crippen molar-refractivity contribution in [1.29, 1.82) is 0 Å². The molecule has 1 aliphatic rings. The van der Waals surface area contributed by atoms with Gasteiger partial charge in [0.25, 0.3) is 0 Å². The van der Waals surface area contributed by atoms with E-state index in [0.717, 1.165) is 13.1 Å². The molecule has 0 aromatic heterocycles. The van der Waals surface area contributed by atoms with Crippen LogP contribution in [0.5, 0.6) is 11.5 Å². The second-order valence-electron chi connectivity index (χ2n) is 5.23. The highest BCUT2D eigenvalue weighted by atomic mass is 32.2. The van der Waals surface area contributed by atoms with Gasteiger partial charge in [-0.3, -0.25) is 4.90 Å². The minimum Gasteiger partial charge on any atom is -0.486 e. The molecule has 1 atom stereocenters. The molecule has 0 spiro atoms. The summed E-state index contributed by atoms with van der Waals surface area (Å²) in [5.74, 6) is 1.06. The smallest absolute Gasteiger partial charge is 0.240 e. The first-order chi connectivity index (χ1) is 10.5. The average Bonchev–Trinajstić information content (AvgIpc) is 2.53. The molecule has 22 heavy (non-hydrogen) atoms. The van der Waals surface area contributed by atoms with Crippen molar-refractivity contribution in [3.8, 4) is 11.5 Å². The predicted molar refractivity (Wildman–Crippen MR) is 85.0 cm³/mol. The van der Waals surface area contributed by atoms with Crippen LogP contribution in [-0.2, 0) is 10.0 Å². The Bertz CT molecular complexity index is 600. The number of nitrogens with one attached hydrogen (secondary N) is 1. The van der Waals surface area contributed by atoms with Gasteiger partial charge in [-0.15, -0.1) is 0 Å². The number of fused-ring (bicyclic) bond motifs is 1. The summed E-state index contributed by atoms with van der Waals surface area (Å²) in [4.78, 5) is 2.40. The standard InChI is InChI=1S/C15H24N2O4S/c1-4-17(5-2)12(3)11-16-22(18,19)13-6-7-14-15(10-13)21-9-8-20-14/h6-7,10,12,16H,4-5,8-9,11H2,1-3H3. The van der Waals surface area contributed by atoms with E-state index in [9.17, 15) is 8.42 Å². The van der Waals surface area contributed by atoms with E-state index in [4.69, 9.17) is 9.47 Å². The van der Waals surface area contributed by atoms with Crippen molar-refractivity contribution < 1.29 is 17.9 Å². The monoisotopic (exact) mass is 328 g/mol. The fourth-order valence-electron chi connectivity index (χ4n) is 2.48. The predicted octanol–water partition coefficient (Wildman–Crippen LogP) is 1.47. The van der Waals surface area contributed by atoms with E-state index >= 15 is 0 Å². The molecule has 0 aliphatic carbocycles. The lowest BCUT2D eigenvalue weighted by molar-refractivity contribution is 0.171. The zero-order chi connectivity index (χ0) is 16.2. The van der Waals surface area contributed by atoms with Crippen molar-refractivity contribution >= 4 is 10.0 Å². The highest BCUT2D eigenvalue weighted by molar-refractivity contribution is 7.89. The van der Waals surface area contributed by atoms with E-state index in [2.05, 4.69) is 23.5 Å². The first-order valence-electron chi connectivity index (χ1n) is 7.61. The Hall–Kier alpha value is -1.31. The highest BCUT2D eigenvalue weighted by Crippen LogP contribution is 2.32. The Morgan fingerprint density at radius 1 is 1.18 bits per heavy atom. The van der Waals surface area contributed by atoms with Crippen LogP contribution in [0.15, 0.2) is 23.1 Å². The molecular weight excluding hydrogens is 304 g/mol. The minimum atomic E-state index is -3.55. The zero-order valence-corrected chi connectivity index (χ0v) is 14.1. The van der Waals surface area contributed by atoms with Crippen LogP contribution in [0.3, 0.4) is 0 Å². The topological polar surface area (TPSA) is 67.9 Å². The molecule has 0 saturated heterocycles. The summed E-state index contributed by atoms with van der Waals surface area (Å²) in [5.41, 5.74) is 0. The first kappa shape index (κ1) is 17.1. The maximum absolute atomic E-state index is 12.4. The Kier molecular flexibility index (Phi) is 5.66. The number of rotatable bonds is 7. The van der Waals surface area contributed by atoms with Gasteiger partial charge in [0.15, 0.2) is 11.5 Å². The van der Waals surface area contributed by atoms with Gasteiger partial charge < -0.3 is 9.47 Å². The normalized spacial score (nSPS) is 15.8. The van der Waals surface area contributed by atoms with Gasteiger partial charge >= 0.3 is 0 Å². The van der Waals surface area contributed by atoms with Crippen LogP contribution in [0, 0.1) is 0 Å². The van der Waals surface area contributed by atoms with Crippen LogP contribution in [0.25, 0.3) is 0 Å². The van der Waals surface area contributed by atoms with E-state index in [0.29, 0.717) is 31.3 Å². The molecule has 0 bridgehead atoms. The fraction of sp³-hybridized carbons (Fsp3) is 0.600. The Morgan fingerprint density at radius 3 is 2.45 bits per heavy atom. The van der Waals surface area contributed by atoms with Crippen LogP contribution in [0.1, 0.15) is 20.8 Å². The molecule has 7 heteroatoms. The van der Waals surface area contributed by atoms with Crippen molar-refractivity contribution in [3.05, 3.63) is 18.2 Å². The van der Waals surface area contributed by atoms with Crippen molar-refractivity contribution in [2.24, 2.45) is 0 Å². The van der Waals surface area contributed by atoms with Gasteiger partial charge in [0.2, 0.25) is 10.0 Å². The second kappa shape index (κ2) is 7.30. The van der Waals surface area contributed by atoms with E-state index in [1.54, 1.807) is 6.07 Å². The Balaban J connectivity index is 2.07. The number of sulfonamides is 1. The van der Waals surface area contributed by atoms with E-state index in [1.807, 2.05) is 6.92 Å². The molecule has 1 aliphatic heterocycles. The number of nitrogens with zero attached hydrogens (tertiary/aromatic N) is 1. The van der Waals surface area contributed by atoms with Crippen molar-refractivity contribution in [3.63, 3.8) is 0 Å². The van der Waals surface area contributed by atoms with E-state index < -0.39 is 10.0 Å². The molecule has 1 unspecified atom stereocenters. The summed E-state index contributed by atoms with van der Waals surface area (Å²) in [6.45, 7) is 9.22. The number of hydrogen-bond acceptors (Lipinski definition) is 5. The SMILES string of the molecule is CCN(CC)C(C)CNS(=O)(=O)c1ccc2c(c1)OCCO2. The molecule has 124 valence electrons. The average molecular weight is 328 g/mol. The molecule has 0 radical (unpaired) electrons. The lowest BCUT2D eigenvalue weighted by Gasteiger charge is -2.26. The number of ether oxygens (including phenoxy) is 2. The quantitative estimate of drug-likeness (QED) is 0.821. The summed E-state index contributed by atoms with van der Waals surface area (Å²) in [5, 5.41) is 0. The first-order valence-corrected chi connectivity index (χ1v) is 9.09. The van der Waals surface area contributed by atoms with Gasteiger partial charge in [-0.2, -0.15) is 0 Å². The molecule has 1 heterocycles. The molecule has 1 aromatic rings. The minimum absolute atomic E-state index is 0.141. The molecule has 2 rings (SSSR count). The molecule has 6 nitrogen and oxygen atoms in total. The van der Waals surface area contributed by atoms with Gasteiger partial charge in [0, 0.05) is 18.7 Å². The van der Waals surface area contributed by atoms with Crippen molar-refractivity contribution in [2.45, 2.75) is 31.7 Å².